The van der Waals surface area contributed by atoms with Crippen molar-refractivity contribution in [1.29, 1.82) is 0 Å². The van der Waals surface area contributed by atoms with Crippen molar-refractivity contribution >= 4 is 11.8 Å². The molecule has 12 rings (SSSR count). The van der Waals surface area contributed by atoms with Gasteiger partial charge in [0.25, 0.3) is 0 Å². The van der Waals surface area contributed by atoms with E-state index in [0.29, 0.717) is 0 Å². The van der Waals surface area contributed by atoms with Gasteiger partial charge in [-0.2, -0.15) is 0 Å². The average Bonchev–Trinajstić information content (AvgIpc) is 3.67. The van der Waals surface area contributed by atoms with E-state index in [0.717, 1.165) is 11.5 Å². The molecule has 0 radical (unpaired) electrons. The van der Waals surface area contributed by atoms with E-state index in [4.69, 9.17) is 4.74 Å². The van der Waals surface area contributed by atoms with Gasteiger partial charge < -0.3 is 4.74 Å². The fourth-order valence-corrected chi connectivity index (χ4v) is 10.8. The molecule has 0 aromatic heterocycles. The molecule has 0 saturated heterocycles. The Kier molecular flexibility index (Phi) is 6.38. The zero-order valence-corrected chi connectivity index (χ0v) is 29.1. The molecule has 0 atom stereocenters. The molecule has 2 aliphatic carbocycles. The Morgan fingerprint density at radius 3 is 0.923 bits per heavy atom. The molecule has 8 aromatic carbocycles. The summed E-state index contributed by atoms with van der Waals surface area (Å²) in [5, 5.41) is 0. The fraction of sp³-hybridized carbons (Fsp3) is 0.0400. The first-order valence-electron chi connectivity index (χ1n) is 17.9. The molecule has 2 aliphatic heterocycles. The highest BCUT2D eigenvalue weighted by atomic mass is 32.2. The van der Waals surface area contributed by atoms with E-state index in [2.05, 4.69) is 182 Å². The Morgan fingerprint density at radius 1 is 0.269 bits per heavy atom. The predicted octanol–water partition coefficient (Wildman–Crippen LogP) is 12.7. The van der Waals surface area contributed by atoms with Crippen LogP contribution in [-0.4, -0.2) is 0 Å². The molecule has 0 N–H and O–H groups in total. The lowest BCUT2D eigenvalue weighted by Gasteiger charge is -2.39. The summed E-state index contributed by atoms with van der Waals surface area (Å²) in [6.07, 6.45) is 0. The highest BCUT2D eigenvalue weighted by Crippen LogP contribution is 2.63. The van der Waals surface area contributed by atoms with Gasteiger partial charge in [0.05, 0.1) is 10.8 Å². The quantitative estimate of drug-likeness (QED) is 0.158. The largest absolute Gasteiger partial charge is 0.457 e. The lowest BCUT2D eigenvalue weighted by Crippen LogP contribution is -2.32. The van der Waals surface area contributed by atoms with E-state index in [9.17, 15) is 0 Å². The van der Waals surface area contributed by atoms with Crippen LogP contribution in [0.3, 0.4) is 0 Å². The van der Waals surface area contributed by atoms with Crippen molar-refractivity contribution in [2.24, 2.45) is 0 Å². The maximum absolute atomic E-state index is 6.29. The van der Waals surface area contributed by atoms with Gasteiger partial charge in [0.15, 0.2) is 0 Å². The minimum atomic E-state index is -0.321. The Balaban J connectivity index is 0.000000123. The van der Waals surface area contributed by atoms with Gasteiger partial charge in [-0.1, -0.05) is 182 Å². The van der Waals surface area contributed by atoms with Gasteiger partial charge in [0.1, 0.15) is 11.5 Å². The highest BCUT2D eigenvalue weighted by molar-refractivity contribution is 7.99. The van der Waals surface area contributed by atoms with Gasteiger partial charge in [0, 0.05) is 20.9 Å². The van der Waals surface area contributed by atoms with E-state index in [1.54, 1.807) is 0 Å². The minimum Gasteiger partial charge on any atom is -0.457 e. The second-order valence-corrected chi connectivity index (χ2v) is 15.0. The van der Waals surface area contributed by atoms with Crippen molar-refractivity contribution in [3.8, 4) is 33.8 Å². The monoisotopic (exact) mass is 680 g/mol. The molecule has 1 nitrogen and oxygen atoms in total. The van der Waals surface area contributed by atoms with E-state index in [1.165, 1.54) is 76.6 Å². The zero-order valence-electron chi connectivity index (χ0n) is 28.3. The SMILES string of the molecule is c1ccc2c(c1)Oc1ccccc1C21c2ccccc2-c2ccccc21.c1ccc2c(c1)Sc1ccccc1C21c2ccccc2-c2ccccc21. The summed E-state index contributed by atoms with van der Waals surface area (Å²) in [4.78, 5) is 2.72. The topological polar surface area (TPSA) is 9.23 Å². The first kappa shape index (κ1) is 29.6. The molecule has 2 heteroatoms. The fourth-order valence-electron chi connectivity index (χ4n) is 9.62. The van der Waals surface area contributed by atoms with E-state index >= 15 is 0 Å². The first-order chi connectivity index (χ1) is 25.8. The third kappa shape index (κ3) is 3.80. The van der Waals surface area contributed by atoms with Gasteiger partial charge in [-0.05, 0) is 79.9 Å². The molecule has 4 aliphatic rings. The molecule has 0 fully saturated rings. The maximum Gasteiger partial charge on any atom is 0.132 e. The van der Waals surface area contributed by atoms with Gasteiger partial charge in [-0.25, -0.2) is 0 Å². The standard InChI is InChI=1S/C25H16O.C25H16S/c2*1-3-11-19-17(9-1)18-10-2-4-12-20(18)25(19)21-13-5-7-15-23(21)26-24-16-8-6-14-22(24)25/h2*1-16H. The van der Waals surface area contributed by atoms with Crippen LogP contribution in [0.2, 0.25) is 0 Å². The van der Waals surface area contributed by atoms with Crippen LogP contribution in [0.25, 0.3) is 22.3 Å². The van der Waals surface area contributed by atoms with Crippen LogP contribution in [0.4, 0.5) is 0 Å². The van der Waals surface area contributed by atoms with Crippen LogP contribution in [-0.2, 0) is 10.8 Å². The van der Waals surface area contributed by atoms with Crippen LogP contribution in [0.15, 0.2) is 204 Å². The van der Waals surface area contributed by atoms with E-state index < -0.39 is 0 Å². The number of hydrogen-bond donors (Lipinski definition) is 0. The number of hydrogen-bond acceptors (Lipinski definition) is 2. The lowest BCUT2D eigenvalue weighted by atomic mass is 9.66. The summed E-state index contributed by atoms with van der Waals surface area (Å²) in [6.45, 7) is 0. The molecule has 2 spiro atoms. The van der Waals surface area contributed by atoms with Crippen LogP contribution in [0.5, 0.6) is 11.5 Å². The first-order valence-corrected chi connectivity index (χ1v) is 18.8. The van der Waals surface area contributed by atoms with Crippen LogP contribution >= 0.6 is 11.8 Å². The second kappa shape index (κ2) is 11.2. The van der Waals surface area contributed by atoms with Crippen molar-refractivity contribution in [2.45, 2.75) is 20.6 Å². The molecule has 244 valence electrons. The normalized spacial score (nSPS) is 14.9. The van der Waals surface area contributed by atoms with Gasteiger partial charge in [-0.15, -0.1) is 0 Å². The molecule has 52 heavy (non-hydrogen) atoms. The minimum absolute atomic E-state index is 0.217. The Hall–Kier alpha value is -6.09. The van der Waals surface area contributed by atoms with Gasteiger partial charge in [-0.3, -0.25) is 0 Å². The molecule has 0 saturated carbocycles. The summed E-state index contributed by atoms with van der Waals surface area (Å²) >= 11 is 1.89. The number of fused-ring (bicyclic) bond motifs is 18. The number of benzene rings is 8. The van der Waals surface area contributed by atoms with Crippen molar-refractivity contribution in [3.05, 3.63) is 239 Å². The Bertz CT molecular complexity index is 2350. The summed E-state index contributed by atoms with van der Waals surface area (Å²) < 4.78 is 6.29. The van der Waals surface area contributed by atoms with Gasteiger partial charge >= 0.3 is 0 Å². The number of para-hydroxylation sites is 2. The number of ether oxygens (including phenoxy) is 1. The Labute approximate surface area is 308 Å². The molecule has 0 bridgehead atoms. The third-order valence-electron chi connectivity index (χ3n) is 11.5. The van der Waals surface area contributed by atoms with Crippen molar-refractivity contribution < 1.29 is 4.74 Å². The van der Waals surface area contributed by atoms with Crippen molar-refractivity contribution in [3.63, 3.8) is 0 Å². The summed E-state index contributed by atoms with van der Waals surface area (Å²) in [5.74, 6) is 1.88. The molecular formula is C50H32OS. The molecule has 0 unspecified atom stereocenters. The van der Waals surface area contributed by atoms with Crippen LogP contribution < -0.4 is 4.74 Å². The summed E-state index contributed by atoms with van der Waals surface area (Å²) in [7, 11) is 0. The van der Waals surface area contributed by atoms with Crippen molar-refractivity contribution in [2.75, 3.05) is 0 Å². The van der Waals surface area contributed by atoms with Crippen molar-refractivity contribution in [1.82, 2.24) is 0 Å². The Morgan fingerprint density at radius 2 is 0.538 bits per heavy atom. The van der Waals surface area contributed by atoms with Crippen LogP contribution in [0, 0.1) is 0 Å². The molecule has 0 amide bonds. The maximum atomic E-state index is 6.29. The molecule has 8 aromatic rings. The average molecular weight is 681 g/mol. The second-order valence-electron chi connectivity index (χ2n) is 13.9. The zero-order chi connectivity index (χ0) is 34.3. The summed E-state index contributed by atoms with van der Waals surface area (Å²) in [5.41, 5.74) is 15.5. The third-order valence-corrected chi connectivity index (χ3v) is 12.7. The smallest absolute Gasteiger partial charge is 0.132 e. The number of rotatable bonds is 0. The van der Waals surface area contributed by atoms with E-state index in [1.807, 2.05) is 23.9 Å². The highest BCUT2D eigenvalue weighted by Gasteiger charge is 2.51. The van der Waals surface area contributed by atoms with E-state index in [-0.39, 0.29) is 10.8 Å². The summed E-state index contributed by atoms with van der Waals surface area (Å²) in [6, 6.07) is 70.2. The molecular weight excluding hydrogens is 649 g/mol. The molecule has 2 heterocycles. The van der Waals surface area contributed by atoms with Crippen LogP contribution in [0.1, 0.15) is 44.5 Å². The van der Waals surface area contributed by atoms with Gasteiger partial charge in [0.2, 0.25) is 0 Å². The lowest BCUT2D eigenvalue weighted by molar-refractivity contribution is 0.436. The predicted molar refractivity (Wildman–Crippen MR) is 212 cm³/mol.